The van der Waals surface area contributed by atoms with Crippen LogP contribution < -0.4 is 11.1 Å². The molecule has 0 aliphatic heterocycles. The third kappa shape index (κ3) is 3.48. The molecule has 0 unspecified atom stereocenters. The van der Waals surface area contributed by atoms with Crippen LogP contribution >= 0.6 is 15.9 Å². The number of oxime groups is 1. The van der Waals surface area contributed by atoms with E-state index in [1.165, 1.54) is 0 Å². The van der Waals surface area contributed by atoms with Crippen LogP contribution in [0, 0.1) is 0 Å². The molecular formula is C14H14BrN3O2. The molecule has 0 saturated carbocycles. The maximum Gasteiger partial charge on any atom is 0.251 e. The van der Waals surface area contributed by atoms with Crippen LogP contribution in [0.15, 0.2) is 46.0 Å². The minimum atomic E-state index is -0.180. The van der Waals surface area contributed by atoms with Crippen LogP contribution in [0.25, 0.3) is 10.8 Å². The minimum absolute atomic E-state index is 0.0914. The highest BCUT2D eigenvalue weighted by molar-refractivity contribution is 9.10. The SMILES string of the molecule is N/C(CCNC(=O)c1ccc2cc(Br)ccc2c1)=N/O. The van der Waals surface area contributed by atoms with Gasteiger partial charge < -0.3 is 16.3 Å². The molecule has 0 radical (unpaired) electrons. The van der Waals surface area contributed by atoms with Gasteiger partial charge >= 0.3 is 0 Å². The Morgan fingerprint density at radius 3 is 2.70 bits per heavy atom. The summed E-state index contributed by atoms with van der Waals surface area (Å²) in [4.78, 5) is 12.0. The van der Waals surface area contributed by atoms with Crippen LogP contribution in [0.3, 0.4) is 0 Å². The van der Waals surface area contributed by atoms with E-state index >= 15 is 0 Å². The molecule has 5 nitrogen and oxygen atoms in total. The summed E-state index contributed by atoms with van der Waals surface area (Å²) in [6.45, 7) is 0.326. The molecule has 1 amide bonds. The summed E-state index contributed by atoms with van der Waals surface area (Å²) < 4.78 is 1.00. The van der Waals surface area contributed by atoms with Crippen molar-refractivity contribution in [2.24, 2.45) is 10.9 Å². The van der Waals surface area contributed by atoms with Gasteiger partial charge in [-0.2, -0.15) is 0 Å². The molecular weight excluding hydrogens is 322 g/mol. The van der Waals surface area contributed by atoms with Gasteiger partial charge in [0.25, 0.3) is 5.91 Å². The summed E-state index contributed by atoms with van der Waals surface area (Å²) in [6, 6.07) is 11.4. The lowest BCUT2D eigenvalue weighted by Crippen LogP contribution is -2.27. The summed E-state index contributed by atoms with van der Waals surface area (Å²) in [5, 5.41) is 16.0. The largest absolute Gasteiger partial charge is 0.409 e. The topological polar surface area (TPSA) is 87.7 Å². The lowest BCUT2D eigenvalue weighted by Gasteiger charge is -2.06. The summed E-state index contributed by atoms with van der Waals surface area (Å²) >= 11 is 3.41. The standard InChI is InChI=1S/C14H14BrN3O2/c15-12-4-3-9-7-11(2-1-10(9)8-12)14(19)17-6-5-13(16)18-20/h1-4,7-8,20H,5-6H2,(H2,16,18)(H,17,19). The number of carbonyl (C=O) groups is 1. The average molecular weight is 336 g/mol. The number of rotatable bonds is 4. The Hall–Kier alpha value is -2.08. The first kappa shape index (κ1) is 14.3. The van der Waals surface area contributed by atoms with Gasteiger partial charge in [-0.3, -0.25) is 4.79 Å². The molecule has 0 aliphatic rings. The Kier molecular flexibility index (Phi) is 4.57. The third-order valence-corrected chi connectivity index (χ3v) is 3.35. The molecule has 0 spiro atoms. The first-order chi connectivity index (χ1) is 9.60. The van der Waals surface area contributed by atoms with Gasteiger partial charge in [-0.15, -0.1) is 0 Å². The number of amides is 1. The van der Waals surface area contributed by atoms with Gasteiger partial charge in [0.15, 0.2) is 0 Å². The van der Waals surface area contributed by atoms with Crippen LogP contribution in [-0.2, 0) is 0 Å². The molecule has 0 aliphatic carbocycles. The molecule has 20 heavy (non-hydrogen) atoms. The maximum absolute atomic E-state index is 12.0. The van der Waals surface area contributed by atoms with E-state index in [9.17, 15) is 4.79 Å². The molecule has 104 valence electrons. The van der Waals surface area contributed by atoms with Crippen molar-refractivity contribution < 1.29 is 10.0 Å². The van der Waals surface area contributed by atoms with E-state index in [1.54, 1.807) is 6.07 Å². The minimum Gasteiger partial charge on any atom is -0.409 e. The Balaban J connectivity index is 2.08. The van der Waals surface area contributed by atoms with Gasteiger partial charge in [0.1, 0.15) is 5.84 Å². The molecule has 2 aromatic rings. The van der Waals surface area contributed by atoms with E-state index in [1.807, 2.05) is 30.3 Å². The summed E-state index contributed by atoms with van der Waals surface area (Å²) in [5.74, 6) is -0.0887. The Morgan fingerprint density at radius 2 is 1.95 bits per heavy atom. The molecule has 0 atom stereocenters. The van der Waals surface area contributed by atoms with Crippen molar-refractivity contribution in [2.45, 2.75) is 6.42 Å². The maximum atomic E-state index is 12.0. The first-order valence-corrected chi connectivity index (χ1v) is 6.83. The Bertz CT molecular complexity index is 671. The predicted octanol–water partition coefficient (Wildman–Crippen LogP) is 2.47. The summed E-state index contributed by atoms with van der Waals surface area (Å²) in [5.41, 5.74) is 5.91. The second-order valence-electron chi connectivity index (χ2n) is 4.30. The van der Waals surface area contributed by atoms with Gasteiger partial charge in [-0.05, 0) is 35.0 Å². The van der Waals surface area contributed by atoms with Gasteiger partial charge in [-0.1, -0.05) is 33.2 Å². The normalized spacial score (nSPS) is 11.6. The molecule has 6 heteroatoms. The smallest absolute Gasteiger partial charge is 0.251 e. The van der Waals surface area contributed by atoms with Gasteiger partial charge in [0.05, 0.1) is 0 Å². The molecule has 2 rings (SSSR count). The fourth-order valence-electron chi connectivity index (χ4n) is 1.81. The Labute approximate surface area is 124 Å². The van der Waals surface area contributed by atoms with Crippen molar-refractivity contribution >= 4 is 38.4 Å². The summed E-state index contributed by atoms with van der Waals surface area (Å²) in [6.07, 6.45) is 0.308. The number of carbonyl (C=O) groups excluding carboxylic acids is 1. The quantitative estimate of drug-likeness (QED) is 0.347. The Morgan fingerprint density at radius 1 is 1.25 bits per heavy atom. The molecule has 0 heterocycles. The van der Waals surface area contributed by atoms with E-state index in [0.717, 1.165) is 15.2 Å². The lowest BCUT2D eigenvalue weighted by molar-refractivity contribution is 0.0955. The zero-order chi connectivity index (χ0) is 14.5. The second kappa shape index (κ2) is 6.38. The average Bonchev–Trinajstić information content (AvgIpc) is 2.46. The summed E-state index contributed by atoms with van der Waals surface area (Å²) in [7, 11) is 0. The first-order valence-electron chi connectivity index (χ1n) is 6.04. The zero-order valence-corrected chi connectivity index (χ0v) is 12.2. The van der Waals surface area contributed by atoms with Crippen molar-refractivity contribution in [3.05, 3.63) is 46.4 Å². The number of hydrogen-bond acceptors (Lipinski definition) is 3. The van der Waals surface area contributed by atoms with Gasteiger partial charge in [0.2, 0.25) is 0 Å². The number of nitrogens with one attached hydrogen (secondary N) is 1. The highest BCUT2D eigenvalue weighted by Crippen LogP contribution is 2.20. The molecule has 4 N–H and O–H groups in total. The van der Waals surface area contributed by atoms with E-state index < -0.39 is 0 Å². The number of hydrogen-bond donors (Lipinski definition) is 3. The monoisotopic (exact) mass is 335 g/mol. The van der Waals surface area contributed by atoms with E-state index in [-0.39, 0.29) is 11.7 Å². The van der Waals surface area contributed by atoms with Crippen molar-refractivity contribution in [1.82, 2.24) is 5.32 Å². The van der Waals surface area contributed by atoms with Crippen molar-refractivity contribution in [2.75, 3.05) is 6.54 Å². The third-order valence-electron chi connectivity index (χ3n) is 2.86. The van der Waals surface area contributed by atoms with Crippen LogP contribution in [0.1, 0.15) is 16.8 Å². The fourth-order valence-corrected chi connectivity index (χ4v) is 2.19. The molecule has 0 aromatic heterocycles. The predicted molar refractivity (Wildman–Crippen MR) is 82.0 cm³/mol. The number of amidine groups is 1. The molecule has 0 saturated heterocycles. The highest BCUT2D eigenvalue weighted by atomic mass is 79.9. The van der Waals surface area contributed by atoms with Gasteiger partial charge in [0, 0.05) is 23.0 Å². The van der Waals surface area contributed by atoms with E-state index in [0.29, 0.717) is 18.5 Å². The van der Waals surface area contributed by atoms with E-state index in [4.69, 9.17) is 10.9 Å². The number of benzene rings is 2. The highest BCUT2D eigenvalue weighted by Gasteiger charge is 2.06. The van der Waals surface area contributed by atoms with Crippen molar-refractivity contribution in [1.29, 1.82) is 0 Å². The van der Waals surface area contributed by atoms with Crippen molar-refractivity contribution in [3.8, 4) is 0 Å². The number of nitrogens with zero attached hydrogens (tertiary/aromatic N) is 1. The number of nitrogens with two attached hydrogens (primary N) is 1. The molecule has 2 aromatic carbocycles. The molecule has 0 bridgehead atoms. The van der Waals surface area contributed by atoms with Crippen LogP contribution in [0.2, 0.25) is 0 Å². The second-order valence-corrected chi connectivity index (χ2v) is 5.22. The lowest BCUT2D eigenvalue weighted by atomic mass is 10.1. The van der Waals surface area contributed by atoms with E-state index in [2.05, 4.69) is 26.4 Å². The van der Waals surface area contributed by atoms with Crippen LogP contribution in [0.4, 0.5) is 0 Å². The number of fused-ring (bicyclic) bond motifs is 1. The van der Waals surface area contributed by atoms with Crippen LogP contribution in [-0.4, -0.2) is 23.5 Å². The van der Waals surface area contributed by atoms with Crippen molar-refractivity contribution in [3.63, 3.8) is 0 Å². The zero-order valence-electron chi connectivity index (χ0n) is 10.6. The van der Waals surface area contributed by atoms with Crippen LogP contribution in [0.5, 0.6) is 0 Å². The number of halogens is 1. The molecule has 0 fully saturated rings. The fraction of sp³-hybridized carbons (Fsp3) is 0.143. The van der Waals surface area contributed by atoms with Gasteiger partial charge in [-0.25, -0.2) is 0 Å².